The molecule has 0 aromatic heterocycles. The fraction of sp³-hybridized carbons (Fsp3) is 0.393. The van der Waals surface area contributed by atoms with Gasteiger partial charge < -0.3 is 21.7 Å². The Labute approximate surface area is 238 Å². The largest absolute Gasteiger partial charge is 0.701 e. The minimum Gasteiger partial charge on any atom is -0.385 e. The summed E-state index contributed by atoms with van der Waals surface area (Å²) in [4.78, 5) is 45.3. The van der Waals surface area contributed by atoms with Crippen molar-refractivity contribution < 1.29 is 37.1 Å². The number of unbranched alkanes of at least 4 members (excludes halogenated alkanes) is 1. The molecule has 0 bridgehead atoms. The van der Waals surface area contributed by atoms with Crippen LogP contribution in [0.25, 0.3) is 5.70 Å². The van der Waals surface area contributed by atoms with Gasteiger partial charge in [-0.1, -0.05) is 49.9 Å². The number of nitrogens with two attached hydrogens (primary N) is 1. The standard InChI is InChI=1S/C28H35F2N4O6P/c1-4-20-8-12-22(13-9-20)18(2)32-16-6-5-7-24(26(31)36)34-27(37)25(33-19(3)35)17-21-10-14-23(15-11-21)28(29,30)40-41(38)39/h8-15,24-25,32H,2,4-7,16-17H2,1,3H3,(H4-,31,33,34,35,36,37,38,39)/p+1. The van der Waals surface area contributed by atoms with Crippen molar-refractivity contribution in [1.29, 1.82) is 0 Å². The number of carbonyl (C=O) groups is 3. The minimum absolute atomic E-state index is 0.0802. The number of halogens is 2. The molecular formula is C28H36F2N4O6P+. The van der Waals surface area contributed by atoms with Gasteiger partial charge in [-0.2, -0.15) is 8.78 Å². The van der Waals surface area contributed by atoms with Gasteiger partial charge in [0.05, 0.1) is 5.56 Å². The summed E-state index contributed by atoms with van der Waals surface area (Å²) >= 11 is 0. The Kier molecular flexibility index (Phi) is 13.0. The molecule has 0 radical (unpaired) electrons. The van der Waals surface area contributed by atoms with Gasteiger partial charge in [-0.15, -0.1) is 4.89 Å². The topological polar surface area (TPSA) is 160 Å². The zero-order valence-corrected chi connectivity index (χ0v) is 23.9. The van der Waals surface area contributed by atoms with Crippen LogP contribution in [0.4, 0.5) is 8.78 Å². The first-order valence-corrected chi connectivity index (χ1v) is 14.2. The third-order valence-electron chi connectivity index (χ3n) is 6.25. The number of hydrogen-bond donors (Lipinski definition) is 5. The van der Waals surface area contributed by atoms with E-state index in [1.54, 1.807) is 0 Å². The Hall–Kier alpha value is -3.73. The van der Waals surface area contributed by atoms with Crippen LogP contribution in [0.3, 0.4) is 0 Å². The molecule has 3 amide bonds. The van der Waals surface area contributed by atoms with Crippen molar-refractivity contribution in [1.82, 2.24) is 16.0 Å². The van der Waals surface area contributed by atoms with Crippen LogP contribution in [0.5, 0.6) is 0 Å². The highest BCUT2D eigenvalue weighted by Crippen LogP contribution is 2.37. The van der Waals surface area contributed by atoms with E-state index in [1.165, 1.54) is 24.6 Å². The maximum absolute atomic E-state index is 13.9. The quantitative estimate of drug-likeness (QED) is 0.139. The molecule has 0 saturated heterocycles. The minimum atomic E-state index is -3.99. The molecule has 0 heterocycles. The summed E-state index contributed by atoms with van der Waals surface area (Å²) < 4.78 is 42.1. The van der Waals surface area contributed by atoms with Crippen molar-refractivity contribution in [2.24, 2.45) is 5.73 Å². The number of carbonyl (C=O) groups excluding carboxylic acids is 3. The average molecular weight is 594 g/mol. The molecule has 222 valence electrons. The highest BCUT2D eigenvalue weighted by atomic mass is 31.1. The molecule has 0 saturated carbocycles. The second-order valence-corrected chi connectivity index (χ2v) is 10.1. The van der Waals surface area contributed by atoms with E-state index < -0.39 is 49.7 Å². The number of aryl methyl sites for hydroxylation is 1. The SMILES string of the molecule is C=C(NCCCCC(NC(=O)C(Cc1ccc(C(F)(F)O[P+](=O)O)cc1)NC(C)=O)C(N)=O)c1ccc(CC)cc1. The Bertz CT molecular complexity index is 1230. The summed E-state index contributed by atoms with van der Waals surface area (Å²) in [6, 6.07) is 10.5. The van der Waals surface area contributed by atoms with Crippen molar-refractivity contribution in [3.63, 3.8) is 0 Å². The van der Waals surface area contributed by atoms with Gasteiger partial charge in [-0.05, 0) is 59.0 Å². The number of nitrogens with one attached hydrogen (secondary N) is 3. The molecule has 3 atom stereocenters. The fourth-order valence-corrected chi connectivity index (χ4v) is 4.29. The van der Waals surface area contributed by atoms with Gasteiger partial charge in [0.2, 0.25) is 17.7 Å². The third kappa shape index (κ3) is 11.3. The molecule has 0 spiro atoms. The third-order valence-corrected chi connectivity index (χ3v) is 6.63. The number of hydrogen-bond acceptors (Lipinski definition) is 6. The first kappa shape index (κ1) is 33.5. The van der Waals surface area contributed by atoms with Gasteiger partial charge in [0.1, 0.15) is 12.1 Å². The van der Waals surface area contributed by atoms with Crippen LogP contribution in [0.15, 0.2) is 55.1 Å². The van der Waals surface area contributed by atoms with Gasteiger partial charge in [0, 0.05) is 30.2 Å². The second kappa shape index (κ2) is 15.9. The summed E-state index contributed by atoms with van der Waals surface area (Å²) in [6.07, 6.45) is -1.62. The van der Waals surface area contributed by atoms with E-state index in [-0.39, 0.29) is 12.8 Å². The lowest BCUT2D eigenvalue weighted by atomic mass is 10.0. The second-order valence-electron chi connectivity index (χ2n) is 9.42. The van der Waals surface area contributed by atoms with E-state index in [9.17, 15) is 27.7 Å². The normalized spacial score (nSPS) is 13.0. The number of benzene rings is 2. The van der Waals surface area contributed by atoms with Crippen LogP contribution in [-0.4, -0.2) is 41.2 Å². The van der Waals surface area contributed by atoms with Crippen LogP contribution in [0, 0.1) is 0 Å². The molecule has 0 aliphatic heterocycles. The van der Waals surface area contributed by atoms with Gasteiger partial charge in [-0.3, -0.25) is 14.4 Å². The van der Waals surface area contributed by atoms with Crippen LogP contribution >= 0.6 is 8.25 Å². The molecule has 2 aromatic carbocycles. The molecule has 0 aliphatic rings. The van der Waals surface area contributed by atoms with Crippen LogP contribution in [0.1, 0.15) is 55.4 Å². The Morgan fingerprint density at radius 2 is 1.63 bits per heavy atom. The smallest absolute Gasteiger partial charge is 0.385 e. The monoisotopic (exact) mass is 593 g/mol. The molecule has 41 heavy (non-hydrogen) atoms. The van der Waals surface area contributed by atoms with Crippen molar-refractivity contribution in [2.45, 2.75) is 64.1 Å². The lowest BCUT2D eigenvalue weighted by Gasteiger charge is -2.22. The molecular weight excluding hydrogens is 557 g/mol. The van der Waals surface area contributed by atoms with Crippen molar-refractivity contribution >= 4 is 31.7 Å². The van der Waals surface area contributed by atoms with E-state index in [0.717, 1.165) is 29.8 Å². The molecule has 10 nitrogen and oxygen atoms in total. The average Bonchev–Trinajstić information content (AvgIpc) is 2.91. The van der Waals surface area contributed by atoms with Gasteiger partial charge in [0.25, 0.3) is 0 Å². The maximum atomic E-state index is 13.9. The molecule has 3 unspecified atom stereocenters. The Balaban J connectivity index is 1.92. The number of alkyl halides is 2. The lowest BCUT2D eigenvalue weighted by molar-refractivity contribution is -0.185. The van der Waals surface area contributed by atoms with Gasteiger partial charge in [0.15, 0.2) is 0 Å². The van der Waals surface area contributed by atoms with Gasteiger partial charge in [-0.25, -0.2) is 0 Å². The summed E-state index contributed by atoms with van der Waals surface area (Å²) in [5.74, 6) is -1.91. The van der Waals surface area contributed by atoms with E-state index in [4.69, 9.17) is 10.6 Å². The van der Waals surface area contributed by atoms with E-state index in [1.807, 2.05) is 24.3 Å². The lowest BCUT2D eigenvalue weighted by Crippen LogP contribution is -2.53. The fourth-order valence-electron chi connectivity index (χ4n) is 3.99. The first-order chi connectivity index (χ1) is 19.3. The molecule has 2 rings (SSSR count). The molecule has 2 aromatic rings. The predicted molar refractivity (Wildman–Crippen MR) is 150 cm³/mol. The summed E-state index contributed by atoms with van der Waals surface area (Å²) in [5.41, 5.74) is 8.22. The highest BCUT2D eigenvalue weighted by molar-refractivity contribution is 7.32. The van der Waals surface area contributed by atoms with Crippen molar-refractivity contribution in [3.05, 3.63) is 77.4 Å². The first-order valence-electron chi connectivity index (χ1n) is 13.0. The van der Waals surface area contributed by atoms with E-state index >= 15 is 0 Å². The number of primary amides is 1. The zero-order chi connectivity index (χ0) is 30.6. The summed E-state index contributed by atoms with van der Waals surface area (Å²) in [7, 11) is -3.53. The van der Waals surface area contributed by atoms with Crippen molar-refractivity contribution in [3.8, 4) is 0 Å². The molecule has 0 aliphatic carbocycles. The van der Waals surface area contributed by atoms with Crippen molar-refractivity contribution in [2.75, 3.05) is 6.54 Å². The van der Waals surface area contributed by atoms with Crippen LogP contribution in [0.2, 0.25) is 0 Å². The Morgan fingerprint density at radius 1 is 1.02 bits per heavy atom. The maximum Gasteiger partial charge on any atom is 0.701 e. The van der Waals surface area contributed by atoms with Crippen LogP contribution < -0.4 is 21.7 Å². The Morgan fingerprint density at radius 3 is 2.17 bits per heavy atom. The number of amides is 3. The molecule has 6 N–H and O–H groups in total. The van der Waals surface area contributed by atoms with Gasteiger partial charge >= 0.3 is 14.4 Å². The molecule has 13 heteroatoms. The zero-order valence-electron chi connectivity index (χ0n) is 23.0. The number of rotatable bonds is 17. The predicted octanol–water partition coefficient (Wildman–Crippen LogP) is 3.41. The highest BCUT2D eigenvalue weighted by Gasteiger charge is 2.43. The van der Waals surface area contributed by atoms with E-state index in [0.29, 0.717) is 24.9 Å². The van der Waals surface area contributed by atoms with E-state index in [2.05, 4.69) is 34.0 Å². The molecule has 0 fully saturated rings. The van der Waals surface area contributed by atoms with Crippen LogP contribution in [-0.2, 0) is 42.4 Å². The summed E-state index contributed by atoms with van der Waals surface area (Å²) in [6.45, 7) is 7.93. The summed E-state index contributed by atoms with van der Waals surface area (Å²) in [5, 5.41) is 8.30.